The smallest absolute Gasteiger partial charge is 0.426 e. The van der Waals surface area contributed by atoms with Crippen molar-refractivity contribution in [3.8, 4) is 5.75 Å². The maximum Gasteiger partial charge on any atom is 0.499 e. The summed E-state index contributed by atoms with van der Waals surface area (Å²) in [6, 6.07) is 4.62. The number of halogens is 5. The molecule has 0 amide bonds. The van der Waals surface area contributed by atoms with Gasteiger partial charge in [0.25, 0.3) is 0 Å². The van der Waals surface area contributed by atoms with E-state index < -0.39 is 18.0 Å². The van der Waals surface area contributed by atoms with Crippen LogP contribution in [0.4, 0.5) is 22.0 Å². The Hall–Kier alpha value is -1.33. The standard InChI is InChI=1S/C10H7F5O/c1-2-7-3-5-8(6-4-7)16-10(14,15)9(11,12)13/h1,3-6H,2H2. The summed E-state index contributed by atoms with van der Waals surface area (Å²) in [7, 11) is 0. The van der Waals surface area contributed by atoms with Gasteiger partial charge in [0.15, 0.2) is 0 Å². The SMILES string of the molecule is [CH]Cc1ccc(OC(F)(F)C(F)(F)F)cc1. The van der Waals surface area contributed by atoms with Crippen molar-refractivity contribution in [1.29, 1.82) is 0 Å². The summed E-state index contributed by atoms with van der Waals surface area (Å²) in [4.78, 5) is 0. The predicted octanol–water partition coefficient (Wildman–Crippen LogP) is 3.47. The third kappa shape index (κ3) is 2.84. The van der Waals surface area contributed by atoms with Gasteiger partial charge in [0.2, 0.25) is 0 Å². The zero-order valence-electron chi connectivity index (χ0n) is 7.89. The van der Waals surface area contributed by atoms with Crippen LogP contribution in [0.5, 0.6) is 5.75 Å². The molecule has 0 atom stereocenters. The minimum absolute atomic E-state index is 0.163. The van der Waals surface area contributed by atoms with Crippen molar-refractivity contribution in [3.05, 3.63) is 36.8 Å². The van der Waals surface area contributed by atoms with Crippen LogP contribution in [0, 0.1) is 6.92 Å². The van der Waals surface area contributed by atoms with E-state index in [1.54, 1.807) is 0 Å². The first kappa shape index (κ1) is 12.7. The summed E-state index contributed by atoms with van der Waals surface area (Å²) in [5, 5.41) is 0. The number of rotatable bonds is 3. The van der Waals surface area contributed by atoms with Gasteiger partial charge in [-0.2, -0.15) is 22.0 Å². The van der Waals surface area contributed by atoms with E-state index in [-0.39, 0.29) is 6.42 Å². The molecule has 0 aromatic heterocycles. The highest BCUT2D eigenvalue weighted by Crippen LogP contribution is 2.37. The molecule has 0 N–H and O–H groups in total. The van der Waals surface area contributed by atoms with Gasteiger partial charge in [-0.1, -0.05) is 12.1 Å². The number of hydrogen-bond donors (Lipinski definition) is 0. The van der Waals surface area contributed by atoms with Crippen LogP contribution in [0.1, 0.15) is 5.56 Å². The minimum Gasteiger partial charge on any atom is -0.426 e. The highest BCUT2D eigenvalue weighted by atomic mass is 19.4. The van der Waals surface area contributed by atoms with Crippen molar-refractivity contribution < 1.29 is 26.7 Å². The summed E-state index contributed by atoms with van der Waals surface area (Å²) in [5.74, 6) is -0.570. The molecule has 0 heterocycles. The fraction of sp³-hybridized carbons (Fsp3) is 0.300. The van der Waals surface area contributed by atoms with Gasteiger partial charge in [-0.25, -0.2) is 0 Å². The molecule has 0 bridgehead atoms. The zero-order valence-corrected chi connectivity index (χ0v) is 7.89. The Bertz CT molecular complexity index is 341. The first-order valence-corrected chi connectivity index (χ1v) is 4.19. The van der Waals surface area contributed by atoms with Gasteiger partial charge in [0.05, 0.1) is 0 Å². The van der Waals surface area contributed by atoms with Gasteiger partial charge in [-0.15, -0.1) is 0 Å². The van der Waals surface area contributed by atoms with Crippen LogP contribution in [0.2, 0.25) is 0 Å². The number of ether oxygens (including phenoxy) is 1. The molecule has 0 spiro atoms. The van der Waals surface area contributed by atoms with E-state index in [2.05, 4.69) is 4.74 Å². The first-order chi connectivity index (χ1) is 7.26. The summed E-state index contributed by atoms with van der Waals surface area (Å²) in [6.45, 7) is 5.23. The van der Waals surface area contributed by atoms with E-state index in [0.717, 1.165) is 12.1 Å². The summed E-state index contributed by atoms with van der Waals surface area (Å²) in [6.07, 6.45) is -10.8. The summed E-state index contributed by atoms with van der Waals surface area (Å²) in [5.41, 5.74) is 0.600. The molecule has 0 unspecified atom stereocenters. The largest absolute Gasteiger partial charge is 0.499 e. The van der Waals surface area contributed by atoms with Crippen LogP contribution in [0.15, 0.2) is 24.3 Å². The van der Waals surface area contributed by atoms with E-state index >= 15 is 0 Å². The molecule has 0 aliphatic rings. The normalized spacial score (nSPS) is 12.6. The van der Waals surface area contributed by atoms with Crippen LogP contribution in [-0.4, -0.2) is 12.3 Å². The van der Waals surface area contributed by atoms with Crippen molar-refractivity contribution in [2.24, 2.45) is 0 Å². The van der Waals surface area contributed by atoms with Gasteiger partial charge in [0, 0.05) is 0 Å². The fourth-order valence-corrected chi connectivity index (χ4v) is 0.899. The quantitative estimate of drug-likeness (QED) is 0.732. The van der Waals surface area contributed by atoms with Crippen LogP contribution < -0.4 is 4.74 Å². The molecule has 0 saturated heterocycles. The molecular weight excluding hydrogens is 231 g/mol. The maximum absolute atomic E-state index is 12.4. The Labute approximate surface area is 88.8 Å². The van der Waals surface area contributed by atoms with Gasteiger partial charge in [0.1, 0.15) is 5.75 Å². The molecule has 1 aromatic rings. The topological polar surface area (TPSA) is 9.23 Å². The number of benzene rings is 1. The lowest BCUT2D eigenvalue weighted by molar-refractivity contribution is -0.360. The van der Waals surface area contributed by atoms with Gasteiger partial charge in [-0.05, 0) is 31.0 Å². The minimum atomic E-state index is -5.74. The van der Waals surface area contributed by atoms with Crippen LogP contribution in [0.3, 0.4) is 0 Å². The Balaban J connectivity index is 2.80. The van der Waals surface area contributed by atoms with Crippen molar-refractivity contribution >= 4 is 0 Å². The highest BCUT2D eigenvalue weighted by molar-refractivity contribution is 5.27. The first-order valence-electron chi connectivity index (χ1n) is 4.19. The Morgan fingerprint density at radius 3 is 1.88 bits per heavy atom. The second-order valence-electron chi connectivity index (χ2n) is 2.96. The third-order valence-electron chi connectivity index (χ3n) is 1.74. The second kappa shape index (κ2) is 4.27. The van der Waals surface area contributed by atoms with Crippen molar-refractivity contribution in [2.75, 3.05) is 0 Å². The van der Waals surface area contributed by atoms with E-state index in [1.807, 2.05) is 0 Å². The third-order valence-corrected chi connectivity index (χ3v) is 1.74. The van der Waals surface area contributed by atoms with Crippen LogP contribution in [0.25, 0.3) is 0 Å². The van der Waals surface area contributed by atoms with E-state index in [0.29, 0.717) is 5.56 Å². The maximum atomic E-state index is 12.4. The molecule has 1 aromatic carbocycles. The van der Waals surface area contributed by atoms with Gasteiger partial charge < -0.3 is 4.74 Å². The summed E-state index contributed by atoms with van der Waals surface area (Å²) < 4.78 is 63.7. The molecule has 1 rings (SSSR count). The van der Waals surface area contributed by atoms with Crippen LogP contribution >= 0.6 is 0 Å². The molecule has 0 aliphatic heterocycles. The Morgan fingerprint density at radius 2 is 1.50 bits per heavy atom. The van der Waals surface area contributed by atoms with Gasteiger partial charge >= 0.3 is 12.3 Å². The highest BCUT2D eigenvalue weighted by Gasteiger charge is 2.61. The molecule has 0 fully saturated rings. The Kier molecular flexibility index (Phi) is 3.40. The molecular formula is C10H7F5O. The average Bonchev–Trinajstić information content (AvgIpc) is 2.16. The zero-order chi connectivity index (χ0) is 12.4. The monoisotopic (exact) mass is 238 g/mol. The van der Waals surface area contributed by atoms with Gasteiger partial charge in [-0.3, -0.25) is 0 Å². The molecule has 0 saturated carbocycles. The fourth-order valence-electron chi connectivity index (χ4n) is 0.899. The van der Waals surface area contributed by atoms with E-state index in [4.69, 9.17) is 6.92 Å². The lowest BCUT2D eigenvalue weighted by atomic mass is 10.2. The molecule has 16 heavy (non-hydrogen) atoms. The molecule has 88 valence electrons. The van der Waals surface area contributed by atoms with Crippen LogP contribution in [-0.2, 0) is 6.42 Å². The molecule has 6 heteroatoms. The van der Waals surface area contributed by atoms with Crippen molar-refractivity contribution in [2.45, 2.75) is 18.7 Å². The number of alkyl halides is 5. The van der Waals surface area contributed by atoms with E-state index in [9.17, 15) is 22.0 Å². The lowest BCUT2D eigenvalue weighted by Crippen LogP contribution is -2.41. The van der Waals surface area contributed by atoms with Crippen molar-refractivity contribution in [3.63, 3.8) is 0 Å². The lowest BCUT2D eigenvalue weighted by Gasteiger charge is -2.20. The molecule has 2 radical (unpaired) electrons. The van der Waals surface area contributed by atoms with E-state index in [1.165, 1.54) is 12.1 Å². The average molecular weight is 238 g/mol. The summed E-state index contributed by atoms with van der Waals surface area (Å²) >= 11 is 0. The predicted molar refractivity (Wildman–Crippen MR) is 46.1 cm³/mol. The number of hydrogen-bond acceptors (Lipinski definition) is 1. The van der Waals surface area contributed by atoms with Crippen molar-refractivity contribution in [1.82, 2.24) is 0 Å². The molecule has 0 aliphatic carbocycles. The molecule has 1 nitrogen and oxygen atoms in total. The Morgan fingerprint density at radius 1 is 1.00 bits per heavy atom. The second-order valence-corrected chi connectivity index (χ2v) is 2.96.